The molecule has 4 nitrogen and oxygen atoms in total. The summed E-state index contributed by atoms with van der Waals surface area (Å²) in [4.78, 5) is 36.0. The average molecular weight is 1120 g/mol. The van der Waals surface area contributed by atoms with Crippen LogP contribution in [0.1, 0.15) is 255 Å². The van der Waals surface area contributed by atoms with E-state index in [0.29, 0.717) is 35.6 Å². The lowest BCUT2D eigenvalue weighted by atomic mass is 9.79. The molecule has 0 unspecified atom stereocenters. The fourth-order valence-corrected chi connectivity index (χ4v) is 11.1. The molecular formula is C80H100N2O2. The number of hydrogen-bond donors (Lipinski definition) is 0. The molecule has 0 aliphatic carbocycles. The minimum Gasteiger partial charge on any atom is -0.302 e. The number of carbonyl (C=O) groups is 2. The number of rotatable bonds is 10. The van der Waals surface area contributed by atoms with Crippen LogP contribution in [0.2, 0.25) is 0 Å². The largest absolute Gasteiger partial charge is 0.302 e. The highest BCUT2D eigenvalue weighted by atomic mass is 16.2. The van der Waals surface area contributed by atoms with E-state index >= 15 is 9.59 Å². The van der Waals surface area contributed by atoms with Crippen LogP contribution < -0.4 is 0 Å². The minimum absolute atomic E-state index is 0.00304. The van der Waals surface area contributed by atoms with Crippen molar-refractivity contribution in [1.29, 1.82) is 0 Å². The third-order valence-corrected chi connectivity index (χ3v) is 17.0. The molecule has 6 aromatic carbocycles. The molecule has 0 aromatic heterocycles. The van der Waals surface area contributed by atoms with Gasteiger partial charge in [-0.05, 0) is 132 Å². The van der Waals surface area contributed by atoms with Crippen LogP contribution in [0.15, 0.2) is 132 Å². The summed E-state index contributed by atoms with van der Waals surface area (Å²) in [7, 11) is 0. The molecule has 2 amide bonds. The van der Waals surface area contributed by atoms with Gasteiger partial charge in [0.25, 0.3) is 11.8 Å². The maximum Gasteiger partial charge on any atom is 0.261 e. The molecule has 6 aromatic rings. The number of amides is 2. The maximum absolute atomic E-state index is 16.1. The first kappa shape index (κ1) is 63.2. The van der Waals surface area contributed by atoms with Crippen molar-refractivity contribution in [2.75, 3.05) is 0 Å². The molecule has 0 bridgehead atoms. The van der Waals surface area contributed by atoms with Crippen molar-refractivity contribution in [2.45, 2.75) is 223 Å². The molecule has 0 spiro atoms. The van der Waals surface area contributed by atoms with Gasteiger partial charge in [-0.15, -0.1) is 0 Å². The van der Waals surface area contributed by atoms with Crippen LogP contribution in [-0.4, -0.2) is 21.6 Å². The lowest BCUT2D eigenvalue weighted by Gasteiger charge is -2.29. The number of carbonyl (C=O) groups excluding carboxylic acids is 2. The number of hydrogen-bond acceptors (Lipinski definition) is 2. The summed E-state index contributed by atoms with van der Waals surface area (Å²) in [6, 6.07) is 44.5. The van der Waals surface area contributed by atoms with Gasteiger partial charge < -0.3 is 9.80 Å². The minimum atomic E-state index is -0.169. The van der Waals surface area contributed by atoms with Gasteiger partial charge in [-0.1, -0.05) is 312 Å². The molecule has 8 rings (SSSR count). The normalized spacial score (nSPS) is 15.3. The highest BCUT2D eigenvalue weighted by Crippen LogP contribution is 2.49. The van der Waals surface area contributed by atoms with Crippen LogP contribution in [-0.2, 0) is 66.0 Å². The Morgan fingerprint density at radius 3 is 0.690 bits per heavy atom. The lowest BCUT2D eigenvalue weighted by Crippen LogP contribution is -2.30. The van der Waals surface area contributed by atoms with Crippen LogP contribution in [0.4, 0.5) is 0 Å². The lowest BCUT2D eigenvalue weighted by molar-refractivity contribution is -0.124. The Bertz CT molecular complexity index is 3250. The van der Waals surface area contributed by atoms with Gasteiger partial charge in [0.2, 0.25) is 0 Å². The second-order valence-electron chi connectivity index (χ2n) is 32.7. The SMILES string of the molecule is CC(C)(C)c1cc(/C=C/c2ccc(C3=C4C(=O)N(Cc5cc(C(C)(C)C)cc(C(C)(C)C)c5)C(c5ccc(/C=C/c6cc(C(C)(C)C)cc(C(C)(C)C)c6)cc5)=C4C(=O)N3Cc3cc(C(C)(C)C)cc(C(C)(C)C)c3)cc2)cc(C(C)(C)C)c1. The maximum atomic E-state index is 16.1. The zero-order chi connectivity index (χ0) is 62.2. The Morgan fingerprint density at radius 2 is 0.476 bits per heavy atom. The van der Waals surface area contributed by atoms with Crippen LogP contribution in [0.5, 0.6) is 0 Å². The molecule has 0 radical (unpaired) electrons. The quantitative estimate of drug-likeness (QED) is 0.128. The molecule has 84 heavy (non-hydrogen) atoms. The van der Waals surface area contributed by atoms with E-state index in [1.54, 1.807) is 0 Å². The highest BCUT2D eigenvalue weighted by molar-refractivity contribution is 6.30. The summed E-state index contributed by atoms with van der Waals surface area (Å²) in [5.74, 6) is -0.337. The van der Waals surface area contributed by atoms with Crippen LogP contribution in [0, 0.1) is 0 Å². The predicted octanol–water partition coefficient (Wildman–Crippen LogP) is 20.6. The fraction of sp³-hybridized carbons (Fsp3) is 0.425. The summed E-state index contributed by atoms with van der Waals surface area (Å²) in [5, 5.41) is 0. The third kappa shape index (κ3) is 14.1. The molecule has 2 aliphatic rings. The number of benzene rings is 6. The summed E-state index contributed by atoms with van der Waals surface area (Å²) >= 11 is 0. The van der Waals surface area contributed by atoms with Gasteiger partial charge >= 0.3 is 0 Å². The summed E-state index contributed by atoms with van der Waals surface area (Å²) in [6.07, 6.45) is 8.77. The molecule has 0 saturated heterocycles. The molecule has 0 fully saturated rings. The molecule has 4 heteroatoms. The Kier molecular flexibility index (Phi) is 16.8. The number of fused-ring (bicyclic) bond motifs is 1. The van der Waals surface area contributed by atoms with Gasteiger partial charge in [-0.2, -0.15) is 0 Å². The molecule has 0 atom stereocenters. The van der Waals surface area contributed by atoms with Gasteiger partial charge in [0.1, 0.15) is 0 Å². The van der Waals surface area contributed by atoms with Crippen molar-refractivity contribution >= 4 is 47.5 Å². The van der Waals surface area contributed by atoms with Gasteiger partial charge in [0.05, 0.1) is 35.6 Å². The van der Waals surface area contributed by atoms with Crippen molar-refractivity contribution in [3.05, 3.63) is 221 Å². The molecule has 2 aliphatic heterocycles. The number of nitrogens with zero attached hydrogens (tertiary/aromatic N) is 2. The molecule has 0 N–H and O–H groups in total. The molecule has 2 heterocycles. The van der Waals surface area contributed by atoms with Crippen molar-refractivity contribution < 1.29 is 9.59 Å². The summed E-state index contributed by atoms with van der Waals surface area (Å²) in [6.45, 7) is 54.9. The van der Waals surface area contributed by atoms with E-state index in [9.17, 15) is 0 Å². The Hall–Kier alpha value is -6.78. The Morgan fingerprint density at radius 1 is 0.274 bits per heavy atom. The molecule has 0 saturated carbocycles. The van der Waals surface area contributed by atoms with Crippen LogP contribution in [0.3, 0.4) is 0 Å². The van der Waals surface area contributed by atoms with E-state index in [-0.39, 0.29) is 55.1 Å². The first-order valence-electron chi connectivity index (χ1n) is 30.8. The molecular weight excluding hydrogens is 1020 g/mol. The van der Waals surface area contributed by atoms with Crippen LogP contribution in [0.25, 0.3) is 35.7 Å². The first-order valence-corrected chi connectivity index (χ1v) is 30.8. The first-order chi connectivity index (χ1) is 38.5. The van der Waals surface area contributed by atoms with Gasteiger partial charge in [-0.3, -0.25) is 9.59 Å². The van der Waals surface area contributed by atoms with Gasteiger partial charge in [0, 0.05) is 0 Å². The third-order valence-electron chi connectivity index (χ3n) is 17.0. The van der Waals surface area contributed by atoms with E-state index in [4.69, 9.17) is 0 Å². The second-order valence-corrected chi connectivity index (χ2v) is 32.7. The van der Waals surface area contributed by atoms with Crippen LogP contribution >= 0.6 is 0 Å². The smallest absolute Gasteiger partial charge is 0.261 e. The topological polar surface area (TPSA) is 40.6 Å². The van der Waals surface area contributed by atoms with Gasteiger partial charge in [0.15, 0.2) is 0 Å². The fourth-order valence-electron chi connectivity index (χ4n) is 11.1. The van der Waals surface area contributed by atoms with E-state index in [2.05, 4.69) is 312 Å². The zero-order valence-electron chi connectivity index (χ0n) is 56.0. The Balaban J connectivity index is 1.32. The average Bonchev–Trinajstić information content (AvgIpc) is 1.58. The standard InChI is InChI=1S/C80H100N2O2/c1-73(2,3)59-37-53(38-60(45-59)74(4,5)6)27-25-51-29-33-57(34-30-51)69-67-68(72(84)81(69)49-55-41-63(77(13,14)15)47-64(42-55)78(16,17)18)70(82(71(67)83)50-56-43-65(79(19,20)21)48-66(44-56)80(22,23)24)58-35-31-52(32-36-58)26-28-54-39-61(75(7,8)9)46-62(40-54)76(10,11)12/h25-48H,49-50H2,1-24H3/b27-25+,28-26+. The highest BCUT2D eigenvalue weighted by Gasteiger charge is 2.49. The van der Waals surface area contributed by atoms with Crippen molar-refractivity contribution in [2.24, 2.45) is 0 Å². The van der Waals surface area contributed by atoms with Crippen molar-refractivity contribution in [3.8, 4) is 0 Å². The second kappa shape index (κ2) is 22.3. The summed E-state index contributed by atoms with van der Waals surface area (Å²) in [5.41, 5.74) is 19.8. The van der Waals surface area contributed by atoms with E-state index in [1.165, 1.54) is 44.5 Å². The van der Waals surface area contributed by atoms with E-state index in [0.717, 1.165) is 44.5 Å². The molecule has 442 valence electrons. The Labute approximate surface area is 508 Å². The van der Waals surface area contributed by atoms with E-state index in [1.807, 2.05) is 9.80 Å². The van der Waals surface area contributed by atoms with Crippen molar-refractivity contribution in [1.82, 2.24) is 9.80 Å². The summed E-state index contributed by atoms with van der Waals surface area (Å²) < 4.78 is 0. The van der Waals surface area contributed by atoms with Gasteiger partial charge in [-0.25, -0.2) is 0 Å². The zero-order valence-corrected chi connectivity index (χ0v) is 56.0. The van der Waals surface area contributed by atoms with E-state index < -0.39 is 0 Å². The predicted molar refractivity (Wildman–Crippen MR) is 361 cm³/mol. The van der Waals surface area contributed by atoms with Crippen molar-refractivity contribution in [3.63, 3.8) is 0 Å². The monoisotopic (exact) mass is 1120 g/mol.